The number of hydrogen-bond donors (Lipinski definition) is 0. The molecule has 5 rings (SSSR count). The first kappa shape index (κ1) is 29.2. The number of hydrogen-bond acceptors (Lipinski definition) is 9. The molecule has 10 nitrogen and oxygen atoms in total. The maximum absolute atomic E-state index is 13.7. The predicted molar refractivity (Wildman–Crippen MR) is 150 cm³/mol. The first-order valence-electron chi connectivity index (χ1n) is 13.0. The number of carbonyl (C=O) groups is 1. The normalized spacial score (nSPS) is 13.8. The van der Waals surface area contributed by atoms with Crippen molar-refractivity contribution in [2.45, 2.75) is 31.1 Å². The standard InChI is InChI=1S/C28H28F3N7O3S/c1-18-16-19(2)33-27(32-18)42-17-24-25(34-35-38(24)21-6-10-23(11-7-21)41-28(29,30)31)26(39)37-14-12-36(13-15-37)20-4-8-22(40-3)9-5-20/h4-11,16H,12-15,17H2,1-3H3. The fourth-order valence-corrected chi connectivity index (χ4v) is 5.54. The van der Waals surface area contributed by atoms with E-state index >= 15 is 0 Å². The number of ether oxygens (including phenoxy) is 2. The molecule has 1 saturated heterocycles. The Morgan fingerprint density at radius 1 is 0.905 bits per heavy atom. The highest BCUT2D eigenvalue weighted by molar-refractivity contribution is 7.98. The number of aromatic nitrogens is 5. The second-order valence-corrected chi connectivity index (χ2v) is 10.5. The Hall–Kier alpha value is -4.33. The minimum Gasteiger partial charge on any atom is -0.497 e. The zero-order valence-corrected chi connectivity index (χ0v) is 23.9. The third kappa shape index (κ3) is 6.93. The van der Waals surface area contributed by atoms with E-state index in [4.69, 9.17) is 4.74 Å². The molecule has 1 aliphatic heterocycles. The number of aryl methyl sites for hydroxylation is 2. The lowest BCUT2D eigenvalue weighted by molar-refractivity contribution is -0.274. The lowest BCUT2D eigenvalue weighted by Gasteiger charge is -2.36. The van der Waals surface area contributed by atoms with Gasteiger partial charge in [0.15, 0.2) is 10.9 Å². The number of piperazine rings is 1. The molecule has 1 amide bonds. The van der Waals surface area contributed by atoms with Crippen molar-refractivity contribution in [3.8, 4) is 17.2 Å². The molecular weight excluding hydrogens is 571 g/mol. The van der Waals surface area contributed by atoms with Crippen LogP contribution < -0.4 is 14.4 Å². The lowest BCUT2D eigenvalue weighted by atomic mass is 10.2. The van der Waals surface area contributed by atoms with Gasteiger partial charge >= 0.3 is 6.36 Å². The third-order valence-corrected chi connectivity index (χ3v) is 7.44. The molecule has 3 heterocycles. The summed E-state index contributed by atoms with van der Waals surface area (Å²) in [4.78, 5) is 26.6. The van der Waals surface area contributed by atoms with E-state index in [9.17, 15) is 18.0 Å². The monoisotopic (exact) mass is 599 g/mol. The summed E-state index contributed by atoms with van der Waals surface area (Å²) in [6, 6.07) is 14.9. The summed E-state index contributed by atoms with van der Waals surface area (Å²) in [5, 5.41) is 8.96. The van der Waals surface area contributed by atoms with Gasteiger partial charge < -0.3 is 19.3 Å². The number of carbonyl (C=O) groups excluding carboxylic acids is 1. The number of rotatable bonds is 8. The van der Waals surface area contributed by atoms with Crippen molar-refractivity contribution in [2.24, 2.45) is 0 Å². The van der Waals surface area contributed by atoms with Gasteiger partial charge in [-0.3, -0.25) is 4.79 Å². The highest BCUT2D eigenvalue weighted by Gasteiger charge is 2.31. The number of amides is 1. The number of anilines is 1. The average molecular weight is 600 g/mol. The van der Waals surface area contributed by atoms with E-state index < -0.39 is 6.36 Å². The van der Waals surface area contributed by atoms with Crippen molar-refractivity contribution in [2.75, 3.05) is 38.2 Å². The van der Waals surface area contributed by atoms with E-state index in [1.54, 1.807) is 12.0 Å². The van der Waals surface area contributed by atoms with Crippen molar-refractivity contribution in [3.63, 3.8) is 0 Å². The molecule has 0 aliphatic carbocycles. The fourth-order valence-electron chi connectivity index (χ4n) is 4.60. The molecular formula is C28H28F3N7O3S. The topological polar surface area (TPSA) is 98.5 Å². The van der Waals surface area contributed by atoms with Gasteiger partial charge in [0.05, 0.1) is 18.5 Å². The molecule has 14 heteroatoms. The summed E-state index contributed by atoms with van der Waals surface area (Å²) < 4.78 is 48.6. The minimum absolute atomic E-state index is 0.167. The Morgan fingerprint density at radius 3 is 2.10 bits per heavy atom. The van der Waals surface area contributed by atoms with E-state index in [2.05, 4.69) is 29.9 Å². The van der Waals surface area contributed by atoms with Crippen LogP contribution in [0, 0.1) is 13.8 Å². The molecule has 2 aromatic heterocycles. The molecule has 1 aliphatic rings. The van der Waals surface area contributed by atoms with Gasteiger partial charge in [-0.05, 0) is 68.4 Å². The van der Waals surface area contributed by atoms with E-state index in [1.807, 2.05) is 44.2 Å². The molecule has 0 radical (unpaired) electrons. The van der Waals surface area contributed by atoms with Gasteiger partial charge in [0, 0.05) is 49.0 Å². The molecule has 0 N–H and O–H groups in total. The summed E-state index contributed by atoms with van der Waals surface area (Å²) >= 11 is 1.32. The van der Waals surface area contributed by atoms with Crippen molar-refractivity contribution < 1.29 is 27.4 Å². The Balaban J connectivity index is 1.37. The van der Waals surface area contributed by atoms with Gasteiger partial charge in [-0.1, -0.05) is 17.0 Å². The molecule has 220 valence electrons. The zero-order valence-electron chi connectivity index (χ0n) is 23.1. The second kappa shape index (κ2) is 12.3. The van der Waals surface area contributed by atoms with Crippen molar-refractivity contribution in [1.29, 1.82) is 0 Å². The molecule has 0 unspecified atom stereocenters. The van der Waals surface area contributed by atoms with Crippen LogP contribution in [0.3, 0.4) is 0 Å². The minimum atomic E-state index is -4.81. The van der Waals surface area contributed by atoms with Gasteiger partial charge in [0.25, 0.3) is 5.91 Å². The molecule has 4 aromatic rings. The van der Waals surface area contributed by atoms with Crippen LogP contribution in [-0.4, -0.2) is 75.4 Å². The average Bonchev–Trinajstić information content (AvgIpc) is 3.39. The number of alkyl halides is 3. The van der Waals surface area contributed by atoms with Gasteiger partial charge in [-0.25, -0.2) is 14.6 Å². The highest BCUT2D eigenvalue weighted by Crippen LogP contribution is 2.28. The number of nitrogens with zero attached hydrogens (tertiary/aromatic N) is 7. The quantitative estimate of drug-likeness (QED) is 0.208. The van der Waals surface area contributed by atoms with Crippen LogP contribution in [-0.2, 0) is 5.75 Å². The van der Waals surface area contributed by atoms with Crippen LogP contribution in [0.15, 0.2) is 59.8 Å². The molecule has 42 heavy (non-hydrogen) atoms. The van der Waals surface area contributed by atoms with Crippen LogP contribution in [0.25, 0.3) is 5.69 Å². The Kier molecular flexibility index (Phi) is 8.52. The summed E-state index contributed by atoms with van der Waals surface area (Å²) in [6.07, 6.45) is -4.81. The molecule has 0 saturated carbocycles. The lowest BCUT2D eigenvalue weighted by Crippen LogP contribution is -2.49. The second-order valence-electron chi connectivity index (χ2n) is 9.54. The van der Waals surface area contributed by atoms with Crippen LogP contribution in [0.2, 0.25) is 0 Å². The van der Waals surface area contributed by atoms with Gasteiger partial charge in [0.1, 0.15) is 11.5 Å². The molecule has 0 bridgehead atoms. The number of benzene rings is 2. The first-order chi connectivity index (χ1) is 20.1. The summed E-state index contributed by atoms with van der Waals surface area (Å²) in [6.45, 7) is 5.97. The van der Waals surface area contributed by atoms with Crippen LogP contribution >= 0.6 is 11.8 Å². The molecule has 0 atom stereocenters. The fraction of sp³-hybridized carbons (Fsp3) is 0.321. The largest absolute Gasteiger partial charge is 0.573 e. The summed E-state index contributed by atoms with van der Waals surface area (Å²) in [7, 11) is 1.62. The summed E-state index contributed by atoms with van der Waals surface area (Å²) in [5.74, 6) is 0.389. The SMILES string of the molecule is COc1ccc(N2CCN(C(=O)c3nnn(-c4ccc(OC(F)(F)F)cc4)c3CSc3nc(C)cc(C)n3)CC2)cc1. The van der Waals surface area contributed by atoms with Crippen LogP contribution in [0.4, 0.5) is 18.9 Å². The van der Waals surface area contributed by atoms with E-state index in [0.29, 0.717) is 42.7 Å². The van der Waals surface area contributed by atoms with Crippen molar-refractivity contribution in [3.05, 3.63) is 77.4 Å². The van der Waals surface area contributed by atoms with Gasteiger partial charge in [-0.15, -0.1) is 18.3 Å². The van der Waals surface area contributed by atoms with Crippen molar-refractivity contribution >= 4 is 23.4 Å². The van der Waals surface area contributed by atoms with E-state index in [0.717, 1.165) is 22.8 Å². The van der Waals surface area contributed by atoms with Gasteiger partial charge in [-0.2, -0.15) is 0 Å². The Labute approximate surface area is 244 Å². The molecule has 0 spiro atoms. The number of thioether (sulfide) groups is 1. The highest BCUT2D eigenvalue weighted by atomic mass is 32.2. The zero-order chi connectivity index (χ0) is 29.9. The van der Waals surface area contributed by atoms with Crippen LogP contribution in [0.5, 0.6) is 11.5 Å². The molecule has 2 aromatic carbocycles. The third-order valence-electron chi connectivity index (χ3n) is 6.58. The van der Waals surface area contributed by atoms with E-state index in [-0.39, 0.29) is 23.1 Å². The first-order valence-corrected chi connectivity index (χ1v) is 14.0. The van der Waals surface area contributed by atoms with E-state index in [1.165, 1.54) is 40.7 Å². The maximum Gasteiger partial charge on any atom is 0.573 e. The molecule has 1 fully saturated rings. The van der Waals surface area contributed by atoms with Crippen molar-refractivity contribution in [1.82, 2.24) is 29.9 Å². The Morgan fingerprint density at radius 2 is 1.50 bits per heavy atom. The predicted octanol–water partition coefficient (Wildman–Crippen LogP) is 4.84. The maximum atomic E-state index is 13.7. The number of halogens is 3. The Bertz CT molecular complexity index is 1520. The smallest absolute Gasteiger partial charge is 0.497 e. The summed E-state index contributed by atoms with van der Waals surface area (Å²) in [5.41, 5.74) is 3.73. The number of methoxy groups -OCH3 is 1. The van der Waals surface area contributed by atoms with Gasteiger partial charge in [0.2, 0.25) is 0 Å². The van der Waals surface area contributed by atoms with Crippen LogP contribution in [0.1, 0.15) is 27.6 Å².